The van der Waals surface area contributed by atoms with E-state index in [1.165, 1.54) is 0 Å². The average Bonchev–Trinajstić information content (AvgIpc) is 2.79. The van der Waals surface area contributed by atoms with Gasteiger partial charge in [0.15, 0.2) is 0 Å². The number of nitrogens with one attached hydrogen (secondary N) is 2. The van der Waals surface area contributed by atoms with Crippen LogP contribution < -0.4 is 5.43 Å². The number of hydrogen-bond donors (Lipinski definition) is 2. The molecule has 4 heteroatoms. The Morgan fingerprint density at radius 2 is 2.11 bits per heavy atom. The van der Waals surface area contributed by atoms with Crippen molar-refractivity contribution in [2.75, 3.05) is 0 Å². The van der Waals surface area contributed by atoms with Crippen LogP contribution in [-0.4, -0.2) is 16.6 Å². The molecule has 0 unspecified atom stereocenters. The van der Waals surface area contributed by atoms with Crippen LogP contribution >= 0.6 is 0 Å². The maximum Gasteiger partial charge on any atom is 0.273 e. The quantitative estimate of drug-likeness (QED) is 0.640. The van der Waals surface area contributed by atoms with Crippen molar-refractivity contribution >= 4 is 22.5 Å². The molecule has 0 atom stereocenters. The molecule has 19 heavy (non-hydrogen) atoms. The van der Waals surface area contributed by atoms with Crippen LogP contribution in [-0.2, 0) is 0 Å². The van der Waals surface area contributed by atoms with E-state index >= 15 is 0 Å². The van der Waals surface area contributed by atoms with Crippen molar-refractivity contribution in [2.24, 2.45) is 11.0 Å². The highest BCUT2D eigenvalue weighted by molar-refractivity contribution is 6.06. The molecule has 0 saturated carbocycles. The van der Waals surface area contributed by atoms with Crippen LogP contribution in [0, 0.1) is 5.92 Å². The molecular formula is C15H19N3O. The molecule has 0 spiro atoms. The smallest absolute Gasteiger partial charge is 0.273 e. The number of H-pyrrole nitrogens is 1. The number of aromatic nitrogens is 1. The van der Waals surface area contributed by atoms with Gasteiger partial charge in [-0.25, -0.2) is 5.43 Å². The van der Waals surface area contributed by atoms with Crippen LogP contribution in [0.4, 0.5) is 0 Å². The second-order valence-electron chi connectivity index (χ2n) is 5.13. The summed E-state index contributed by atoms with van der Waals surface area (Å²) in [6, 6.07) is 7.72. The standard InChI is InChI=1S/C15H19N3O/c1-10(2)8-11(3)17-18-15(19)13-9-16-14-7-5-4-6-12(13)14/h4-7,9-10,16H,8H2,1-3H3,(H,18,19)/b17-11+. The van der Waals surface area contributed by atoms with Gasteiger partial charge in [-0.2, -0.15) is 5.10 Å². The maximum atomic E-state index is 12.1. The van der Waals surface area contributed by atoms with Crippen molar-refractivity contribution in [3.63, 3.8) is 0 Å². The molecule has 0 fully saturated rings. The summed E-state index contributed by atoms with van der Waals surface area (Å²) in [5, 5.41) is 5.04. The molecule has 1 aromatic heterocycles. The lowest BCUT2D eigenvalue weighted by Gasteiger charge is -2.04. The number of hydrazone groups is 1. The molecule has 0 aliphatic carbocycles. The topological polar surface area (TPSA) is 57.2 Å². The SMILES string of the molecule is C/C(CC(C)C)=N\NC(=O)c1c[nH]c2ccccc12. The normalized spacial score (nSPS) is 12.1. The van der Waals surface area contributed by atoms with Gasteiger partial charge in [0.1, 0.15) is 0 Å². The Labute approximate surface area is 112 Å². The first-order chi connectivity index (χ1) is 9.08. The average molecular weight is 257 g/mol. The Bertz CT molecular complexity index is 611. The van der Waals surface area contributed by atoms with Crippen molar-refractivity contribution in [3.05, 3.63) is 36.0 Å². The summed E-state index contributed by atoms with van der Waals surface area (Å²) in [6.07, 6.45) is 2.60. The van der Waals surface area contributed by atoms with Crippen molar-refractivity contribution < 1.29 is 4.79 Å². The van der Waals surface area contributed by atoms with Crippen molar-refractivity contribution in [1.29, 1.82) is 0 Å². The largest absolute Gasteiger partial charge is 0.360 e. The Morgan fingerprint density at radius 3 is 2.84 bits per heavy atom. The summed E-state index contributed by atoms with van der Waals surface area (Å²) in [4.78, 5) is 15.2. The van der Waals surface area contributed by atoms with E-state index in [4.69, 9.17) is 0 Å². The van der Waals surface area contributed by atoms with E-state index in [-0.39, 0.29) is 5.91 Å². The van der Waals surface area contributed by atoms with E-state index in [9.17, 15) is 4.79 Å². The molecule has 0 aliphatic heterocycles. The summed E-state index contributed by atoms with van der Waals surface area (Å²) in [6.45, 7) is 6.18. The molecular weight excluding hydrogens is 238 g/mol. The van der Waals surface area contributed by atoms with Crippen molar-refractivity contribution in [2.45, 2.75) is 27.2 Å². The highest BCUT2D eigenvalue weighted by Gasteiger charge is 2.10. The lowest BCUT2D eigenvalue weighted by molar-refractivity contribution is 0.0956. The summed E-state index contributed by atoms with van der Waals surface area (Å²) in [5.74, 6) is 0.356. The van der Waals surface area contributed by atoms with Gasteiger partial charge in [0, 0.05) is 22.8 Å². The summed E-state index contributed by atoms with van der Waals surface area (Å²) < 4.78 is 0. The second kappa shape index (κ2) is 5.69. The number of para-hydroxylation sites is 1. The predicted molar refractivity (Wildman–Crippen MR) is 78.3 cm³/mol. The zero-order valence-electron chi connectivity index (χ0n) is 11.5. The molecule has 1 aromatic carbocycles. The highest BCUT2D eigenvalue weighted by atomic mass is 16.2. The Hall–Kier alpha value is -2.10. The maximum absolute atomic E-state index is 12.1. The Morgan fingerprint density at radius 1 is 1.37 bits per heavy atom. The van der Waals surface area contributed by atoms with Crippen molar-refractivity contribution in [1.82, 2.24) is 10.4 Å². The van der Waals surface area contributed by atoms with Gasteiger partial charge in [-0.15, -0.1) is 0 Å². The number of nitrogens with zero attached hydrogens (tertiary/aromatic N) is 1. The third-order valence-electron chi connectivity index (χ3n) is 2.89. The van der Waals surface area contributed by atoms with E-state index in [0.29, 0.717) is 11.5 Å². The molecule has 0 saturated heterocycles. The van der Waals surface area contributed by atoms with Gasteiger partial charge in [0.05, 0.1) is 5.56 Å². The number of hydrogen-bond acceptors (Lipinski definition) is 2. The minimum Gasteiger partial charge on any atom is -0.360 e. The van der Waals surface area contributed by atoms with Gasteiger partial charge < -0.3 is 4.98 Å². The Balaban J connectivity index is 2.12. The Kier molecular flexibility index (Phi) is 4.00. The monoisotopic (exact) mass is 257 g/mol. The number of fused-ring (bicyclic) bond motifs is 1. The fourth-order valence-corrected chi connectivity index (χ4v) is 2.10. The molecule has 0 aliphatic rings. The van der Waals surface area contributed by atoms with Crippen LogP contribution in [0.15, 0.2) is 35.6 Å². The van der Waals surface area contributed by atoms with Crippen LogP contribution in [0.1, 0.15) is 37.6 Å². The zero-order chi connectivity index (χ0) is 13.8. The molecule has 2 N–H and O–H groups in total. The number of rotatable bonds is 4. The van der Waals surface area contributed by atoms with Gasteiger partial charge in [0.2, 0.25) is 0 Å². The fraction of sp³-hybridized carbons (Fsp3) is 0.333. The van der Waals surface area contributed by atoms with E-state index in [2.05, 4.69) is 29.4 Å². The third kappa shape index (κ3) is 3.22. The summed E-state index contributed by atoms with van der Waals surface area (Å²) >= 11 is 0. The molecule has 4 nitrogen and oxygen atoms in total. The van der Waals surface area contributed by atoms with E-state index < -0.39 is 0 Å². The first-order valence-corrected chi connectivity index (χ1v) is 6.47. The molecule has 100 valence electrons. The van der Waals surface area contributed by atoms with E-state index in [0.717, 1.165) is 23.0 Å². The highest BCUT2D eigenvalue weighted by Crippen LogP contribution is 2.17. The van der Waals surface area contributed by atoms with Crippen LogP contribution in [0.5, 0.6) is 0 Å². The summed E-state index contributed by atoms with van der Waals surface area (Å²) in [5.41, 5.74) is 5.12. The minimum absolute atomic E-state index is 0.180. The van der Waals surface area contributed by atoms with Crippen LogP contribution in [0.2, 0.25) is 0 Å². The fourth-order valence-electron chi connectivity index (χ4n) is 2.10. The van der Waals surface area contributed by atoms with Gasteiger partial charge in [-0.3, -0.25) is 4.79 Å². The van der Waals surface area contributed by atoms with Crippen LogP contribution in [0.3, 0.4) is 0 Å². The number of benzene rings is 1. The van der Waals surface area contributed by atoms with Crippen LogP contribution in [0.25, 0.3) is 10.9 Å². The lowest BCUT2D eigenvalue weighted by Crippen LogP contribution is -2.19. The molecule has 2 aromatic rings. The minimum atomic E-state index is -0.180. The number of amides is 1. The first-order valence-electron chi connectivity index (χ1n) is 6.47. The van der Waals surface area contributed by atoms with Gasteiger partial charge in [-0.1, -0.05) is 32.0 Å². The number of carbonyl (C=O) groups excluding carboxylic acids is 1. The van der Waals surface area contributed by atoms with E-state index in [1.807, 2.05) is 31.2 Å². The molecule has 1 heterocycles. The van der Waals surface area contributed by atoms with E-state index in [1.54, 1.807) is 6.20 Å². The number of aromatic amines is 1. The van der Waals surface area contributed by atoms with Crippen molar-refractivity contribution in [3.8, 4) is 0 Å². The lowest BCUT2D eigenvalue weighted by atomic mass is 10.1. The van der Waals surface area contributed by atoms with Gasteiger partial charge in [-0.05, 0) is 25.3 Å². The predicted octanol–water partition coefficient (Wildman–Crippen LogP) is 3.32. The zero-order valence-corrected chi connectivity index (χ0v) is 11.5. The van der Waals surface area contributed by atoms with Gasteiger partial charge >= 0.3 is 0 Å². The second-order valence-corrected chi connectivity index (χ2v) is 5.13. The molecule has 0 radical (unpaired) electrons. The molecule has 2 rings (SSSR count). The van der Waals surface area contributed by atoms with Gasteiger partial charge in [0.25, 0.3) is 5.91 Å². The third-order valence-corrected chi connectivity index (χ3v) is 2.89. The summed E-state index contributed by atoms with van der Waals surface area (Å²) in [7, 11) is 0. The number of carbonyl (C=O) groups is 1. The first kappa shape index (κ1) is 13.3. The molecule has 0 bridgehead atoms. The molecule has 1 amide bonds.